The van der Waals surface area contributed by atoms with Crippen LogP contribution in [0.1, 0.15) is 5.89 Å². The molecule has 0 fully saturated rings. The van der Waals surface area contributed by atoms with Gasteiger partial charge in [0.25, 0.3) is 15.3 Å². The van der Waals surface area contributed by atoms with E-state index in [0.29, 0.717) is 0 Å². The lowest BCUT2D eigenvalue weighted by Crippen LogP contribution is -2.01. The topological polar surface area (TPSA) is 93.3 Å². The van der Waals surface area contributed by atoms with Gasteiger partial charge < -0.3 is 4.42 Å². The third-order valence-corrected chi connectivity index (χ3v) is 1.55. The quantitative estimate of drug-likeness (QED) is 0.500. The van der Waals surface area contributed by atoms with Gasteiger partial charge in [-0.3, -0.25) is 4.55 Å². The summed E-state index contributed by atoms with van der Waals surface area (Å²) in [4.78, 5) is 0. The highest BCUT2D eigenvalue weighted by Crippen LogP contribution is 2.05. The van der Waals surface area contributed by atoms with Crippen LogP contribution in [0, 0.1) is 0 Å². The Morgan fingerprint density at radius 3 is 2.55 bits per heavy atom. The minimum atomic E-state index is -4.09. The SMILES string of the molecule is O=S(=O)(O)Cc1nnc(S)o1. The molecule has 0 aliphatic heterocycles. The molecule has 1 aromatic rings. The zero-order valence-electron chi connectivity index (χ0n) is 5.13. The summed E-state index contributed by atoms with van der Waals surface area (Å²) in [5.74, 6) is -0.863. The van der Waals surface area contributed by atoms with Gasteiger partial charge in [0.15, 0.2) is 5.75 Å². The summed E-state index contributed by atoms with van der Waals surface area (Å²) in [5, 5.41) is 6.50. The molecule has 0 unspecified atom stereocenters. The smallest absolute Gasteiger partial charge is 0.273 e. The van der Waals surface area contributed by atoms with Gasteiger partial charge in [0.1, 0.15) is 0 Å². The zero-order chi connectivity index (χ0) is 8.48. The van der Waals surface area contributed by atoms with E-state index in [2.05, 4.69) is 27.2 Å². The van der Waals surface area contributed by atoms with Crippen LogP contribution in [0.5, 0.6) is 0 Å². The van der Waals surface area contributed by atoms with Crippen molar-refractivity contribution in [1.29, 1.82) is 0 Å². The third-order valence-electron chi connectivity index (χ3n) is 0.762. The summed E-state index contributed by atoms with van der Waals surface area (Å²) < 4.78 is 33.3. The fraction of sp³-hybridized carbons (Fsp3) is 0.333. The van der Waals surface area contributed by atoms with Crippen LogP contribution >= 0.6 is 12.6 Å². The second kappa shape index (κ2) is 2.80. The molecule has 0 aromatic carbocycles. The first kappa shape index (κ1) is 8.50. The molecule has 0 aliphatic carbocycles. The summed E-state index contributed by atoms with van der Waals surface area (Å²) in [6.07, 6.45) is 0. The molecule has 0 saturated carbocycles. The molecule has 0 bridgehead atoms. The van der Waals surface area contributed by atoms with Crippen molar-refractivity contribution in [1.82, 2.24) is 10.2 Å². The molecular formula is C3H4N2O4S2. The molecule has 11 heavy (non-hydrogen) atoms. The molecule has 1 rings (SSSR count). The van der Waals surface area contributed by atoms with E-state index in [0.717, 1.165) is 0 Å². The van der Waals surface area contributed by atoms with Gasteiger partial charge in [-0.25, -0.2) is 0 Å². The molecule has 1 aromatic heterocycles. The van der Waals surface area contributed by atoms with Crippen LogP contribution in [0.4, 0.5) is 0 Å². The molecule has 0 saturated heterocycles. The maximum Gasteiger partial charge on any atom is 0.273 e. The largest absolute Gasteiger partial charge is 0.415 e. The average molecular weight is 196 g/mol. The number of thiol groups is 1. The number of hydrogen-bond acceptors (Lipinski definition) is 6. The predicted molar refractivity (Wildman–Crippen MR) is 36.8 cm³/mol. The molecule has 1 heterocycles. The maximum atomic E-state index is 10.2. The Hall–Kier alpha value is -0.600. The standard InChI is InChI=1S/C3H4N2O4S2/c6-11(7,8)1-2-4-5-3(10)9-2/h1H2,(H,5,10)(H,6,7,8). The molecule has 0 radical (unpaired) electrons. The van der Waals surface area contributed by atoms with Crippen LogP contribution in [0.25, 0.3) is 0 Å². The highest BCUT2D eigenvalue weighted by atomic mass is 32.2. The minimum Gasteiger partial charge on any atom is -0.415 e. The number of rotatable bonds is 2. The minimum absolute atomic E-state index is 0.0383. The third kappa shape index (κ3) is 2.87. The zero-order valence-corrected chi connectivity index (χ0v) is 6.84. The van der Waals surface area contributed by atoms with Gasteiger partial charge in [-0.1, -0.05) is 12.6 Å². The normalized spacial score (nSPS) is 11.8. The molecule has 62 valence electrons. The first-order valence-electron chi connectivity index (χ1n) is 2.44. The van der Waals surface area contributed by atoms with E-state index in [1.165, 1.54) is 0 Å². The molecule has 0 atom stereocenters. The fourth-order valence-corrected chi connectivity index (χ4v) is 1.04. The van der Waals surface area contributed by atoms with E-state index in [1.54, 1.807) is 0 Å². The number of nitrogens with zero attached hydrogens (tertiary/aromatic N) is 2. The van der Waals surface area contributed by atoms with Crippen molar-refractivity contribution in [2.45, 2.75) is 11.0 Å². The lowest BCUT2D eigenvalue weighted by Gasteiger charge is -1.87. The summed E-state index contributed by atoms with van der Waals surface area (Å²) in [6.45, 7) is 0. The van der Waals surface area contributed by atoms with Crippen molar-refractivity contribution in [3.63, 3.8) is 0 Å². The lowest BCUT2D eigenvalue weighted by atomic mass is 10.8. The lowest BCUT2D eigenvalue weighted by molar-refractivity contribution is 0.416. The van der Waals surface area contributed by atoms with Crippen molar-refractivity contribution < 1.29 is 17.4 Å². The molecular weight excluding hydrogens is 192 g/mol. The number of hydrogen-bond donors (Lipinski definition) is 2. The summed E-state index contributed by atoms with van der Waals surface area (Å²) in [6, 6.07) is 0. The van der Waals surface area contributed by atoms with Crippen molar-refractivity contribution >= 4 is 22.7 Å². The molecule has 0 aliphatic rings. The van der Waals surface area contributed by atoms with E-state index in [4.69, 9.17) is 4.55 Å². The Morgan fingerprint density at radius 2 is 2.18 bits per heavy atom. The second-order valence-corrected chi connectivity index (χ2v) is 3.54. The average Bonchev–Trinajstić information content (AvgIpc) is 2.10. The predicted octanol–water partition coefficient (Wildman–Crippen LogP) is -0.254. The van der Waals surface area contributed by atoms with Crippen LogP contribution in [0.2, 0.25) is 0 Å². The monoisotopic (exact) mass is 196 g/mol. The van der Waals surface area contributed by atoms with Crippen LogP contribution in [-0.4, -0.2) is 23.2 Å². The van der Waals surface area contributed by atoms with Gasteiger partial charge in [0.2, 0.25) is 5.89 Å². The Morgan fingerprint density at radius 1 is 1.55 bits per heavy atom. The molecule has 6 nitrogen and oxygen atoms in total. The highest BCUT2D eigenvalue weighted by Gasteiger charge is 2.11. The molecule has 1 N–H and O–H groups in total. The van der Waals surface area contributed by atoms with Gasteiger partial charge >= 0.3 is 0 Å². The first-order chi connectivity index (χ1) is 4.97. The highest BCUT2D eigenvalue weighted by molar-refractivity contribution is 7.85. The van der Waals surface area contributed by atoms with Crippen LogP contribution in [0.3, 0.4) is 0 Å². The maximum absolute atomic E-state index is 10.2. The van der Waals surface area contributed by atoms with Crippen molar-refractivity contribution in [2.75, 3.05) is 0 Å². The second-order valence-electron chi connectivity index (χ2n) is 1.70. The first-order valence-corrected chi connectivity index (χ1v) is 4.49. The fourth-order valence-electron chi connectivity index (χ4n) is 0.459. The molecule has 8 heteroatoms. The van der Waals surface area contributed by atoms with Crippen LogP contribution in [0.15, 0.2) is 9.64 Å². The Kier molecular flexibility index (Phi) is 2.16. The van der Waals surface area contributed by atoms with E-state index in [9.17, 15) is 8.42 Å². The van der Waals surface area contributed by atoms with Crippen LogP contribution in [-0.2, 0) is 15.9 Å². The van der Waals surface area contributed by atoms with Gasteiger partial charge in [0.05, 0.1) is 0 Å². The Bertz CT molecular complexity index is 342. The van der Waals surface area contributed by atoms with Gasteiger partial charge in [-0.2, -0.15) is 8.42 Å². The molecule has 0 spiro atoms. The van der Waals surface area contributed by atoms with Gasteiger partial charge in [-0.05, 0) is 0 Å². The Labute approximate surface area is 67.8 Å². The van der Waals surface area contributed by atoms with Gasteiger partial charge in [-0.15, -0.1) is 10.2 Å². The summed E-state index contributed by atoms with van der Waals surface area (Å²) in [7, 11) is -4.09. The Balaban J connectivity index is 2.81. The number of aromatic nitrogens is 2. The molecule has 0 amide bonds. The van der Waals surface area contributed by atoms with E-state index >= 15 is 0 Å². The summed E-state index contributed by atoms with van der Waals surface area (Å²) in [5.41, 5.74) is 0. The van der Waals surface area contributed by atoms with E-state index < -0.39 is 15.9 Å². The van der Waals surface area contributed by atoms with Crippen LogP contribution < -0.4 is 0 Å². The summed E-state index contributed by atoms with van der Waals surface area (Å²) >= 11 is 3.64. The van der Waals surface area contributed by atoms with Gasteiger partial charge in [0, 0.05) is 0 Å². The van der Waals surface area contributed by atoms with E-state index in [-0.39, 0.29) is 11.1 Å². The van der Waals surface area contributed by atoms with Crippen molar-refractivity contribution in [3.8, 4) is 0 Å². The van der Waals surface area contributed by atoms with Crippen molar-refractivity contribution in [2.24, 2.45) is 0 Å². The van der Waals surface area contributed by atoms with E-state index in [1.807, 2.05) is 0 Å². The van der Waals surface area contributed by atoms with Crippen molar-refractivity contribution in [3.05, 3.63) is 5.89 Å².